The van der Waals surface area contributed by atoms with Crippen molar-refractivity contribution >= 4 is 32.4 Å². The molecule has 2 aromatic carbocycles. The highest BCUT2D eigenvalue weighted by Gasteiger charge is 2.07. The van der Waals surface area contributed by atoms with Crippen molar-refractivity contribution < 1.29 is 4.39 Å². The number of rotatable bonds is 2. The molecule has 0 aliphatic carbocycles. The van der Waals surface area contributed by atoms with Gasteiger partial charge in [0.15, 0.2) is 5.13 Å². The molecular formula is C15H13FN2S. The number of aromatic nitrogens is 1. The molecule has 0 bridgehead atoms. The molecule has 2 nitrogen and oxygen atoms in total. The van der Waals surface area contributed by atoms with Crippen molar-refractivity contribution in [3.8, 4) is 0 Å². The van der Waals surface area contributed by atoms with E-state index in [1.165, 1.54) is 34.6 Å². The summed E-state index contributed by atoms with van der Waals surface area (Å²) in [6.07, 6.45) is 0. The maximum atomic E-state index is 13.1. The Morgan fingerprint density at radius 1 is 1.11 bits per heavy atom. The van der Waals surface area contributed by atoms with Crippen LogP contribution in [0.15, 0.2) is 36.4 Å². The zero-order valence-corrected chi connectivity index (χ0v) is 11.5. The van der Waals surface area contributed by atoms with E-state index in [-0.39, 0.29) is 5.82 Å². The van der Waals surface area contributed by atoms with Crippen LogP contribution in [-0.2, 0) is 0 Å². The number of para-hydroxylation sites is 1. The van der Waals surface area contributed by atoms with Gasteiger partial charge in [-0.05, 0) is 37.1 Å². The summed E-state index contributed by atoms with van der Waals surface area (Å²) in [5.41, 5.74) is 4.11. The van der Waals surface area contributed by atoms with E-state index in [1.54, 1.807) is 6.07 Å². The van der Waals surface area contributed by atoms with E-state index in [0.717, 1.165) is 15.5 Å². The van der Waals surface area contributed by atoms with Gasteiger partial charge in [-0.3, -0.25) is 0 Å². The highest BCUT2D eigenvalue weighted by molar-refractivity contribution is 7.22. The van der Waals surface area contributed by atoms with Crippen molar-refractivity contribution in [1.82, 2.24) is 4.98 Å². The van der Waals surface area contributed by atoms with Gasteiger partial charge in [-0.15, -0.1) is 0 Å². The Kier molecular flexibility index (Phi) is 2.95. The maximum Gasteiger partial charge on any atom is 0.188 e. The zero-order valence-electron chi connectivity index (χ0n) is 10.7. The van der Waals surface area contributed by atoms with Crippen molar-refractivity contribution in [2.45, 2.75) is 13.8 Å². The topological polar surface area (TPSA) is 24.9 Å². The molecule has 19 heavy (non-hydrogen) atoms. The third-order valence-corrected chi connectivity index (χ3v) is 4.01. The molecule has 3 aromatic rings. The number of hydrogen-bond donors (Lipinski definition) is 1. The van der Waals surface area contributed by atoms with Gasteiger partial charge in [0.25, 0.3) is 0 Å². The van der Waals surface area contributed by atoms with Crippen molar-refractivity contribution in [3.05, 3.63) is 53.3 Å². The van der Waals surface area contributed by atoms with E-state index >= 15 is 0 Å². The third-order valence-electron chi connectivity index (χ3n) is 3.06. The number of hydrogen-bond acceptors (Lipinski definition) is 3. The Balaban J connectivity index is 2.01. The lowest BCUT2D eigenvalue weighted by Gasteiger charge is -2.09. The average Bonchev–Trinajstić information content (AvgIpc) is 2.75. The van der Waals surface area contributed by atoms with Gasteiger partial charge >= 0.3 is 0 Å². The molecule has 96 valence electrons. The number of benzene rings is 2. The van der Waals surface area contributed by atoms with Crippen LogP contribution in [0.4, 0.5) is 15.2 Å². The van der Waals surface area contributed by atoms with Crippen molar-refractivity contribution in [1.29, 1.82) is 0 Å². The maximum absolute atomic E-state index is 13.1. The molecule has 0 aliphatic rings. The van der Waals surface area contributed by atoms with Crippen molar-refractivity contribution in [3.63, 3.8) is 0 Å². The predicted molar refractivity (Wildman–Crippen MR) is 78.8 cm³/mol. The molecule has 4 heteroatoms. The standard InChI is InChI=1S/C15H13FN2S/c1-9-4-3-5-10(2)14(9)18-15-17-12-8-11(16)6-7-13(12)19-15/h3-8H,1-2H3,(H,17,18). The molecule has 0 fully saturated rings. The molecule has 0 radical (unpaired) electrons. The molecule has 0 spiro atoms. The van der Waals surface area contributed by atoms with Gasteiger partial charge in [0, 0.05) is 11.8 Å². The highest BCUT2D eigenvalue weighted by atomic mass is 32.1. The normalized spacial score (nSPS) is 10.9. The summed E-state index contributed by atoms with van der Waals surface area (Å²) in [5, 5.41) is 4.12. The van der Waals surface area contributed by atoms with Gasteiger partial charge in [-0.2, -0.15) is 0 Å². The van der Waals surface area contributed by atoms with E-state index in [2.05, 4.69) is 36.3 Å². The summed E-state index contributed by atoms with van der Waals surface area (Å²) < 4.78 is 14.1. The molecular weight excluding hydrogens is 259 g/mol. The SMILES string of the molecule is Cc1cccc(C)c1Nc1nc2cc(F)ccc2s1. The first-order valence-electron chi connectivity index (χ1n) is 6.03. The number of aryl methyl sites for hydroxylation is 2. The summed E-state index contributed by atoms with van der Waals surface area (Å²) in [6, 6.07) is 10.8. The van der Waals surface area contributed by atoms with Crippen LogP contribution in [0.3, 0.4) is 0 Å². The van der Waals surface area contributed by atoms with Crippen LogP contribution in [0.2, 0.25) is 0 Å². The Labute approximate surface area is 114 Å². The summed E-state index contributed by atoms with van der Waals surface area (Å²) in [7, 11) is 0. The molecule has 0 unspecified atom stereocenters. The molecule has 0 aliphatic heterocycles. The van der Waals surface area contributed by atoms with Gasteiger partial charge in [-0.1, -0.05) is 29.5 Å². The van der Waals surface area contributed by atoms with Gasteiger partial charge in [0.1, 0.15) is 5.82 Å². The van der Waals surface area contributed by atoms with Gasteiger partial charge in [0.2, 0.25) is 0 Å². The van der Waals surface area contributed by atoms with Gasteiger partial charge in [0.05, 0.1) is 10.2 Å². The number of nitrogens with one attached hydrogen (secondary N) is 1. The Morgan fingerprint density at radius 3 is 2.58 bits per heavy atom. The first kappa shape index (κ1) is 12.1. The number of anilines is 2. The van der Waals surface area contributed by atoms with Crippen LogP contribution in [0.5, 0.6) is 0 Å². The van der Waals surface area contributed by atoms with Crippen LogP contribution < -0.4 is 5.32 Å². The Hall–Kier alpha value is -1.94. The zero-order chi connectivity index (χ0) is 13.4. The average molecular weight is 272 g/mol. The van der Waals surface area contributed by atoms with Gasteiger partial charge in [-0.25, -0.2) is 9.37 Å². The second kappa shape index (κ2) is 4.63. The fourth-order valence-electron chi connectivity index (χ4n) is 2.07. The summed E-state index contributed by atoms with van der Waals surface area (Å²) in [6.45, 7) is 4.12. The first-order valence-corrected chi connectivity index (χ1v) is 6.84. The molecule has 0 amide bonds. The quantitative estimate of drug-likeness (QED) is 0.725. The predicted octanol–water partition coefficient (Wildman–Crippen LogP) is 4.80. The van der Waals surface area contributed by atoms with E-state index in [1.807, 2.05) is 6.07 Å². The van der Waals surface area contributed by atoms with Crippen molar-refractivity contribution in [2.75, 3.05) is 5.32 Å². The minimum absolute atomic E-state index is 0.253. The molecule has 1 aromatic heterocycles. The summed E-state index contributed by atoms with van der Waals surface area (Å²) >= 11 is 1.53. The van der Waals surface area contributed by atoms with Crippen LogP contribution in [0.1, 0.15) is 11.1 Å². The number of halogens is 1. The van der Waals surface area contributed by atoms with Gasteiger partial charge < -0.3 is 5.32 Å². The summed E-state index contributed by atoms with van der Waals surface area (Å²) in [4.78, 5) is 4.42. The smallest absolute Gasteiger partial charge is 0.188 e. The van der Waals surface area contributed by atoms with Crippen LogP contribution in [-0.4, -0.2) is 4.98 Å². The molecule has 0 atom stereocenters. The fraction of sp³-hybridized carbons (Fsp3) is 0.133. The fourth-order valence-corrected chi connectivity index (χ4v) is 2.92. The lowest BCUT2D eigenvalue weighted by Crippen LogP contribution is -1.95. The number of nitrogens with zero attached hydrogens (tertiary/aromatic N) is 1. The monoisotopic (exact) mass is 272 g/mol. The van der Waals surface area contributed by atoms with E-state index in [9.17, 15) is 4.39 Å². The second-order valence-corrected chi connectivity index (χ2v) is 5.55. The molecule has 0 saturated heterocycles. The van der Waals surface area contributed by atoms with E-state index in [4.69, 9.17) is 0 Å². The van der Waals surface area contributed by atoms with Crippen LogP contribution in [0, 0.1) is 19.7 Å². The number of fused-ring (bicyclic) bond motifs is 1. The highest BCUT2D eigenvalue weighted by Crippen LogP contribution is 2.31. The van der Waals surface area contributed by atoms with E-state index < -0.39 is 0 Å². The third kappa shape index (κ3) is 2.31. The van der Waals surface area contributed by atoms with E-state index in [0.29, 0.717) is 5.52 Å². The lowest BCUT2D eigenvalue weighted by molar-refractivity contribution is 0.629. The largest absolute Gasteiger partial charge is 0.331 e. The molecule has 0 saturated carbocycles. The second-order valence-electron chi connectivity index (χ2n) is 4.52. The summed E-state index contributed by atoms with van der Waals surface area (Å²) in [5.74, 6) is -0.253. The molecule has 1 heterocycles. The minimum atomic E-state index is -0.253. The lowest BCUT2D eigenvalue weighted by atomic mass is 10.1. The number of thiazole rings is 1. The first-order chi connectivity index (χ1) is 9.13. The minimum Gasteiger partial charge on any atom is -0.331 e. The molecule has 1 N–H and O–H groups in total. The Morgan fingerprint density at radius 2 is 1.84 bits per heavy atom. The molecule has 3 rings (SSSR count). The van der Waals surface area contributed by atoms with Crippen molar-refractivity contribution in [2.24, 2.45) is 0 Å². The van der Waals surface area contributed by atoms with Crippen LogP contribution in [0.25, 0.3) is 10.2 Å². The van der Waals surface area contributed by atoms with Crippen LogP contribution >= 0.6 is 11.3 Å². The Bertz CT molecular complexity index is 729.